The van der Waals surface area contributed by atoms with Crippen LogP contribution in [0.3, 0.4) is 0 Å². The van der Waals surface area contributed by atoms with Crippen LogP contribution in [0, 0.1) is 0 Å². The lowest BCUT2D eigenvalue weighted by molar-refractivity contribution is 0.126. The van der Waals surface area contributed by atoms with E-state index >= 15 is 0 Å². The van der Waals surface area contributed by atoms with Crippen LogP contribution in [-0.4, -0.2) is 31.9 Å². The second-order valence-corrected chi connectivity index (χ2v) is 6.74. The summed E-state index contributed by atoms with van der Waals surface area (Å²) in [5.41, 5.74) is 2.77. The number of halogens is 1. The van der Waals surface area contributed by atoms with E-state index in [4.69, 9.17) is 16.6 Å². The minimum Gasteiger partial charge on any atom is -0.393 e. The zero-order valence-corrected chi connectivity index (χ0v) is 13.9. The molecule has 0 amide bonds. The van der Waals surface area contributed by atoms with Crippen LogP contribution >= 0.6 is 11.6 Å². The highest BCUT2D eigenvalue weighted by molar-refractivity contribution is 6.30. The molecule has 0 radical (unpaired) electrons. The van der Waals surface area contributed by atoms with Gasteiger partial charge in [0.1, 0.15) is 5.82 Å². The van der Waals surface area contributed by atoms with Gasteiger partial charge in [0.2, 0.25) is 0 Å². The van der Waals surface area contributed by atoms with Crippen molar-refractivity contribution in [3.05, 3.63) is 47.7 Å². The zero-order valence-electron chi connectivity index (χ0n) is 13.2. The van der Waals surface area contributed by atoms with Gasteiger partial charge in [0, 0.05) is 22.8 Å². The summed E-state index contributed by atoms with van der Waals surface area (Å²) in [6.45, 7) is 0. The van der Waals surface area contributed by atoms with E-state index in [0.717, 1.165) is 48.3 Å². The molecule has 1 fully saturated rings. The first-order valence-electron chi connectivity index (χ1n) is 8.24. The molecule has 6 heteroatoms. The molecule has 24 heavy (non-hydrogen) atoms. The lowest BCUT2D eigenvalue weighted by Crippen LogP contribution is -2.28. The third-order valence-electron chi connectivity index (χ3n) is 4.55. The highest BCUT2D eigenvalue weighted by atomic mass is 35.5. The van der Waals surface area contributed by atoms with Gasteiger partial charge in [-0.05, 0) is 49.4 Å². The Morgan fingerprint density at radius 3 is 2.79 bits per heavy atom. The van der Waals surface area contributed by atoms with E-state index in [9.17, 15) is 5.11 Å². The van der Waals surface area contributed by atoms with Crippen molar-refractivity contribution in [1.29, 1.82) is 0 Å². The third-order valence-corrected chi connectivity index (χ3v) is 4.79. The fourth-order valence-electron chi connectivity index (χ4n) is 3.24. The minimum atomic E-state index is -0.150. The van der Waals surface area contributed by atoms with Gasteiger partial charge in [-0.3, -0.25) is 0 Å². The Labute approximate surface area is 145 Å². The lowest BCUT2D eigenvalue weighted by atomic mass is 9.93. The van der Waals surface area contributed by atoms with Crippen LogP contribution in [0.15, 0.2) is 42.7 Å². The number of anilines is 1. The predicted molar refractivity (Wildman–Crippen MR) is 95.3 cm³/mol. The normalized spacial score (nSPS) is 21.1. The highest BCUT2D eigenvalue weighted by Gasteiger charge is 2.19. The average Bonchev–Trinajstić information content (AvgIpc) is 3.00. The maximum atomic E-state index is 9.63. The van der Waals surface area contributed by atoms with Crippen LogP contribution in [0.2, 0.25) is 5.02 Å². The molecule has 4 rings (SSSR count). The molecular formula is C18H19ClN4O. The van der Waals surface area contributed by atoms with Crippen LogP contribution < -0.4 is 5.32 Å². The van der Waals surface area contributed by atoms with Crippen molar-refractivity contribution in [3.63, 3.8) is 0 Å². The molecule has 0 unspecified atom stereocenters. The van der Waals surface area contributed by atoms with Crippen molar-refractivity contribution in [2.75, 3.05) is 5.32 Å². The summed E-state index contributed by atoms with van der Waals surface area (Å²) in [7, 11) is 0. The van der Waals surface area contributed by atoms with Crippen LogP contribution in [-0.2, 0) is 0 Å². The maximum absolute atomic E-state index is 9.63. The first-order valence-corrected chi connectivity index (χ1v) is 8.62. The Morgan fingerprint density at radius 2 is 2.00 bits per heavy atom. The lowest BCUT2D eigenvalue weighted by Gasteiger charge is -2.26. The van der Waals surface area contributed by atoms with Crippen molar-refractivity contribution in [2.45, 2.75) is 37.8 Å². The Hall–Kier alpha value is -2.11. The minimum absolute atomic E-state index is 0.150. The molecule has 2 N–H and O–H groups in total. The van der Waals surface area contributed by atoms with Gasteiger partial charge in [-0.1, -0.05) is 23.7 Å². The van der Waals surface area contributed by atoms with E-state index in [-0.39, 0.29) is 6.10 Å². The van der Waals surface area contributed by atoms with Gasteiger partial charge in [0.25, 0.3) is 0 Å². The number of benzene rings is 1. The first kappa shape index (κ1) is 15.4. The zero-order chi connectivity index (χ0) is 16.5. The van der Waals surface area contributed by atoms with Gasteiger partial charge in [0.05, 0.1) is 12.3 Å². The molecule has 2 heterocycles. The molecule has 0 spiro atoms. The molecule has 2 aromatic heterocycles. The van der Waals surface area contributed by atoms with Crippen molar-refractivity contribution in [3.8, 4) is 11.1 Å². The fourth-order valence-corrected chi connectivity index (χ4v) is 3.43. The summed E-state index contributed by atoms with van der Waals surface area (Å²) in [5.74, 6) is 0.840. The molecular weight excluding hydrogens is 324 g/mol. The summed E-state index contributed by atoms with van der Waals surface area (Å²) < 4.78 is 1.77. The Morgan fingerprint density at radius 1 is 1.17 bits per heavy atom. The molecule has 0 bridgehead atoms. The van der Waals surface area contributed by atoms with Gasteiger partial charge >= 0.3 is 0 Å². The van der Waals surface area contributed by atoms with Gasteiger partial charge in [-0.2, -0.15) is 5.10 Å². The van der Waals surface area contributed by atoms with Crippen molar-refractivity contribution in [1.82, 2.24) is 14.6 Å². The monoisotopic (exact) mass is 342 g/mol. The Balaban J connectivity index is 1.63. The second kappa shape index (κ2) is 6.42. The largest absolute Gasteiger partial charge is 0.393 e. The second-order valence-electron chi connectivity index (χ2n) is 6.30. The van der Waals surface area contributed by atoms with Crippen molar-refractivity contribution in [2.24, 2.45) is 0 Å². The summed E-state index contributed by atoms with van der Waals surface area (Å²) in [4.78, 5) is 4.74. The summed E-state index contributed by atoms with van der Waals surface area (Å²) in [5, 5.41) is 18.2. The number of aliphatic hydroxyl groups excluding tert-OH is 1. The molecule has 3 aromatic rings. The molecule has 0 atom stereocenters. The van der Waals surface area contributed by atoms with Crippen molar-refractivity contribution < 1.29 is 5.11 Å². The van der Waals surface area contributed by atoms with E-state index < -0.39 is 0 Å². The Kier molecular flexibility index (Phi) is 4.12. The molecule has 1 aromatic carbocycles. The first-order chi connectivity index (χ1) is 11.7. The predicted octanol–water partition coefficient (Wildman–Crippen LogP) is 3.77. The molecule has 0 aliphatic heterocycles. The average molecular weight is 343 g/mol. The summed E-state index contributed by atoms with van der Waals surface area (Å²) in [6.07, 6.45) is 7.21. The van der Waals surface area contributed by atoms with Crippen LogP contribution in [0.1, 0.15) is 25.7 Å². The quantitative estimate of drug-likeness (QED) is 0.760. The fraction of sp³-hybridized carbons (Fsp3) is 0.333. The molecule has 5 nitrogen and oxygen atoms in total. The van der Waals surface area contributed by atoms with Crippen LogP contribution in [0.4, 0.5) is 5.82 Å². The molecule has 1 saturated carbocycles. The van der Waals surface area contributed by atoms with E-state index in [1.54, 1.807) is 4.52 Å². The smallest absolute Gasteiger partial charge is 0.165 e. The van der Waals surface area contributed by atoms with E-state index in [1.807, 2.05) is 42.7 Å². The highest BCUT2D eigenvalue weighted by Crippen LogP contribution is 2.27. The number of nitrogens with one attached hydrogen (secondary N) is 1. The number of rotatable bonds is 3. The standard InChI is InChI=1S/C18H19ClN4O/c19-13-3-1-2-12(10-13)16-11-20-23-9-8-17(22-18(16)23)21-14-4-6-15(24)7-5-14/h1-3,8-11,14-15,24H,4-7H2,(H,21,22)/t14-,15-. The van der Waals surface area contributed by atoms with E-state index in [1.165, 1.54) is 0 Å². The number of aromatic nitrogens is 3. The number of hydrogen-bond donors (Lipinski definition) is 2. The number of aliphatic hydroxyl groups is 1. The number of nitrogens with zero attached hydrogens (tertiary/aromatic N) is 3. The molecule has 124 valence electrons. The number of fused-ring (bicyclic) bond motifs is 1. The van der Waals surface area contributed by atoms with Gasteiger partial charge in [-0.25, -0.2) is 9.50 Å². The van der Waals surface area contributed by atoms with E-state index in [0.29, 0.717) is 11.1 Å². The van der Waals surface area contributed by atoms with E-state index in [2.05, 4.69) is 10.4 Å². The van der Waals surface area contributed by atoms with Gasteiger partial charge in [0.15, 0.2) is 5.65 Å². The van der Waals surface area contributed by atoms with Crippen LogP contribution in [0.25, 0.3) is 16.8 Å². The molecule has 1 aliphatic rings. The van der Waals surface area contributed by atoms with Gasteiger partial charge < -0.3 is 10.4 Å². The van der Waals surface area contributed by atoms with Gasteiger partial charge in [-0.15, -0.1) is 0 Å². The SMILES string of the molecule is O[C@H]1CC[C@H](Nc2ccn3ncc(-c4cccc(Cl)c4)c3n2)CC1. The summed E-state index contributed by atoms with van der Waals surface area (Å²) >= 11 is 6.10. The Bertz CT molecular complexity index is 855. The maximum Gasteiger partial charge on any atom is 0.165 e. The molecule has 0 saturated heterocycles. The molecule has 1 aliphatic carbocycles. The summed E-state index contributed by atoms with van der Waals surface area (Å²) in [6, 6.07) is 10.0. The number of hydrogen-bond acceptors (Lipinski definition) is 4. The topological polar surface area (TPSA) is 62.5 Å². The van der Waals surface area contributed by atoms with Crippen molar-refractivity contribution >= 4 is 23.1 Å². The van der Waals surface area contributed by atoms with Crippen LogP contribution in [0.5, 0.6) is 0 Å². The third kappa shape index (κ3) is 3.09.